The molecular formula is C21H18N2O2. The lowest BCUT2D eigenvalue weighted by Crippen LogP contribution is -2.20. The Morgan fingerprint density at radius 2 is 1.68 bits per heavy atom. The van der Waals surface area contributed by atoms with Crippen LogP contribution in [0.15, 0.2) is 85.2 Å². The van der Waals surface area contributed by atoms with Crippen molar-refractivity contribution in [2.45, 2.75) is 6.54 Å². The van der Waals surface area contributed by atoms with Crippen LogP contribution in [0.25, 0.3) is 5.57 Å². The highest BCUT2D eigenvalue weighted by Gasteiger charge is 2.08. The Bertz CT molecular complexity index is 857. The molecule has 3 aromatic rings. The van der Waals surface area contributed by atoms with Gasteiger partial charge in [-0.1, -0.05) is 48.5 Å². The fourth-order valence-electron chi connectivity index (χ4n) is 2.47. The van der Waals surface area contributed by atoms with E-state index in [1.807, 2.05) is 42.5 Å². The average Bonchev–Trinajstić information content (AvgIpc) is 2.67. The maximum absolute atomic E-state index is 12.4. The van der Waals surface area contributed by atoms with Crippen molar-refractivity contribution in [1.29, 1.82) is 0 Å². The maximum atomic E-state index is 12.4. The molecule has 0 saturated carbocycles. The van der Waals surface area contributed by atoms with Crippen molar-refractivity contribution in [3.8, 4) is 5.75 Å². The fraction of sp³-hybridized carbons (Fsp3) is 0.0476. The highest BCUT2D eigenvalue weighted by Crippen LogP contribution is 2.24. The van der Waals surface area contributed by atoms with Crippen molar-refractivity contribution < 1.29 is 9.90 Å². The maximum Gasteiger partial charge on any atom is 0.244 e. The molecule has 0 aliphatic heterocycles. The second-order valence-electron chi connectivity index (χ2n) is 5.55. The smallest absolute Gasteiger partial charge is 0.244 e. The van der Waals surface area contributed by atoms with Gasteiger partial charge in [0.15, 0.2) is 0 Å². The Morgan fingerprint density at radius 3 is 2.36 bits per heavy atom. The molecule has 2 N–H and O–H groups in total. The zero-order chi connectivity index (χ0) is 17.5. The molecule has 0 aliphatic rings. The third kappa shape index (κ3) is 4.54. The molecule has 4 nitrogen and oxygen atoms in total. The quantitative estimate of drug-likeness (QED) is 0.704. The average molecular weight is 330 g/mol. The zero-order valence-electron chi connectivity index (χ0n) is 13.6. The van der Waals surface area contributed by atoms with Gasteiger partial charge < -0.3 is 10.4 Å². The number of benzene rings is 2. The van der Waals surface area contributed by atoms with E-state index < -0.39 is 0 Å². The molecule has 0 unspecified atom stereocenters. The molecule has 0 spiro atoms. The van der Waals surface area contributed by atoms with Gasteiger partial charge in [0.1, 0.15) is 5.75 Å². The predicted molar refractivity (Wildman–Crippen MR) is 97.7 cm³/mol. The summed E-state index contributed by atoms with van der Waals surface area (Å²) in [6.45, 7) is 0.417. The van der Waals surface area contributed by atoms with Crippen LogP contribution >= 0.6 is 0 Å². The molecule has 25 heavy (non-hydrogen) atoms. The molecule has 0 saturated heterocycles. The van der Waals surface area contributed by atoms with Crippen molar-refractivity contribution in [1.82, 2.24) is 10.3 Å². The summed E-state index contributed by atoms with van der Waals surface area (Å²) in [4.78, 5) is 16.4. The lowest BCUT2D eigenvalue weighted by atomic mass is 9.97. The summed E-state index contributed by atoms with van der Waals surface area (Å²) < 4.78 is 0. The van der Waals surface area contributed by atoms with E-state index in [1.54, 1.807) is 42.7 Å². The number of aromatic nitrogens is 1. The number of nitrogens with one attached hydrogen (secondary N) is 1. The Labute approximate surface area is 146 Å². The number of amides is 1. The van der Waals surface area contributed by atoms with E-state index in [9.17, 15) is 9.90 Å². The van der Waals surface area contributed by atoms with Gasteiger partial charge in [-0.3, -0.25) is 9.78 Å². The van der Waals surface area contributed by atoms with Crippen LogP contribution < -0.4 is 5.32 Å². The SMILES string of the molecule is O=C(/C=C(\c1ccccc1)c1ccc(O)cc1)NCc1cccnc1. The number of carbonyl (C=O) groups is 1. The molecule has 0 atom stereocenters. The van der Waals surface area contributed by atoms with Gasteiger partial charge in [-0.15, -0.1) is 0 Å². The highest BCUT2D eigenvalue weighted by atomic mass is 16.3. The summed E-state index contributed by atoms with van der Waals surface area (Å²) in [6.07, 6.45) is 5.00. The monoisotopic (exact) mass is 330 g/mol. The Balaban J connectivity index is 1.84. The van der Waals surface area contributed by atoms with E-state index in [-0.39, 0.29) is 11.7 Å². The molecular weight excluding hydrogens is 312 g/mol. The van der Waals surface area contributed by atoms with Gasteiger partial charge in [0, 0.05) is 25.0 Å². The molecule has 4 heteroatoms. The number of hydrogen-bond acceptors (Lipinski definition) is 3. The lowest BCUT2D eigenvalue weighted by Gasteiger charge is -2.09. The van der Waals surface area contributed by atoms with Crippen molar-refractivity contribution in [2.75, 3.05) is 0 Å². The van der Waals surface area contributed by atoms with Gasteiger partial charge in [-0.2, -0.15) is 0 Å². The molecule has 1 heterocycles. The third-order valence-electron chi connectivity index (χ3n) is 3.73. The number of phenolic OH excluding ortho intramolecular Hbond substituents is 1. The first-order valence-electron chi connectivity index (χ1n) is 7.95. The van der Waals surface area contributed by atoms with E-state index in [2.05, 4.69) is 10.3 Å². The van der Waals surface area contributed by atoms with Crippen LogP contribution in [-0.4, -0.2) is 16.0 Å². The first-order valence-corrected chi connectivity index (χ1v) is 7.95. The first kappa shape index (κ1) is 16.5. The van der Waals surface area contributed by atoms with Crippen molar-refractivity contribution in [3.63, 3.8) is 0 Å². The number of rotatable bonds is 5. The van der Waals surface area contributed by atoms with Gasteiger partial charge in [0.25, 0.3) is 0 Å². The number of pyridine rings is 1. The van der Waals surface area contributed by atoms with Crippen LogP contribution in [-0.2, 0) is 11.3 Å². The molecule has 3 rings (SSSR count). The summed E-state index contributed by atoms with van der Waals surface area (Å²) in [5.74, 6) is 0.00738. The van der Waals surface area contributed by atoms with Gasteiger partial charge in [0.2, 0.25) is 5.91 Å². The van der Waals surface area contributed by atoms with E-state index in [4.69, 9.17) is 0 Å². The summed E-state index contributed by atoms with van der Waals surface area (Å²) in [7, 11) is 0. The van der Waals surface area contributed by atoms with E-state index in [0.717, 1.165) is 22.3 Å². The number of hydrogen-bond donors (Lipinski definition) is 2. The van der Waals surface area contributed by atoms with E-state index >= 15 is 0 Å². The largest absolute Gasteiger partial charge is 0.508 e. The molecule has 0 bridgehead atoms. The Morgan fingerprint density at radius 1 is 0.960 bits per heavy atom. The lowest BCUT2D eigenvalue weighted by molar-refractivity contribution is -0.116. The van der Waals surface area contributed by atoms with Crippen LogP contribution in [0.5, 0.6) is 5.75 Å². The number of phenols is 1. The number of carbonyl (C=O) groups excluding carboxylic acids is 1. The zero-order valence-corrected chi connectivity index (χ0v) is 13.6. The minimum absolute atomic E-state index is 0.184. The highest BCUT2D eigenvalue weighted by molar-refractivity contribution is 5.99. The van der Waals surface area contributed by atoms with Crippen molar-refractivity contribution in [2.24, 2.45) is 0 Å². The minimum Gasteiger partial charge on any atom is -0.508 e. The molecule has 2 aromatic carbocycles. The predicted octanol–water partition coefficient (Wildman–Crippen LogP) is 3.54. The van der Waals surface area contributed by atoms with E-state index in [0.29, 0.717) is 6.54 Å². The van der Waals surface area contributed by atoms with Crippen molar-refractivity contribution >= 4 is 11.5 Å². The fourth-order valence-corrected chi connectivity index (χ4v) is 2.47. The molecule has 0 radical (unpaired) electrons. The van der Waals surface area contributed by atoms with Crippen LogP contribution in [0.3, 0.4) is 0 Å². The third-order valence-corrected chi connectivity index (χ3v) is 3.73. The summed E-state index contributed by atoms with van der Waals surface area (Å²) >= 11 is 0. The van der Waals surface area contributed by atoms with Crippen LogP contribution in [0.4, 0.5) is 0 Å². The van der Waals surface area contributed by atoms with Crippen molar-refractivity contribution in [3.05, 3.63) is 102 Å². The molecule has 0 fully saturated rings. The van der Waals surface area contributed by atoms with Crippen LogP contribution in [0.2, 0.25) is 0 Å². The second kappa shape index (κ2) is 7.93. The number of nitrogens with zero attached hydrogens (tertiary/aromatic N) is 1. The van der Waals surface area contributed by atoms with Crippen LogP contribution in [0.1, 0.15) is 16.7 Å². The molecule has 1 amide bonds. The van der Waals surface area contributed by atoms with Gasteiger partial charge in [0.05, 0.1) is 0 Å². The van der Waals surface area contributed by atoms with Gasteiger partial charge in [-0.25, -0.2) is 0 Å². The Kier molecular flexibility index (Phi) is 5.22. The minimum atomic E-state index is -0.184. The first-order chi connectivity index (χ1) is 12.2. The van der Waals surface area contributed by atoms with Crippen LogP contribution in [0, 0.1) is 0 Å². The topological polar surface area (TPSA) is 62.2 Å². The number of aromatic hydroxyl groups is 1. The molecule has 124 valence electrons. The Hall–Kier alpha value is -3.40. The normalized spacial score (nSPS) is 11.1. The summed E-state index contributed by atoms with van der Waals surface area (Å²) in [5.41, 5.74) is 3.53. The molecule has 1 aromatic heterocycles. The molecule has 0 aliphatic carbocycles. The van der Waals surface area contributed by atoms with Gasteiger partial charge in [-0.05, 0) is 40.5 Å². The van der Waals surface area contributed by atoms with Gasteiger partial charge >= 0.3 is 0 Å². The van der Waals surface area contributed by atoms with E-state index in [1.165, 1.54) is 0 Å². The summed E-state index contributed by atoms with van der Waals surface area (Å²) in [6, 6.07) is 20.2. The second-order valence-corrected chi connectivity index (χ2v) is 5.55. The standard InChI is InChI=1S/C21H18N2O2/c24-19-10-8-18(9-11-19)20(17-6-2-1-3-7-17)13-21(25)23-15-16-5-4-12-22-14-16/h1-14,24H,15H2,(H,23,25)/b20-13+. The summed E-state index contributed by atoms with van der Waals surface area (Å²) in [5, 5.41) is 12.4.